The third-order valence-corrected chi connectivity index (χ3v) is 7.22. The first-order valence-electron chi connectivity index (χ1n) is 7.00. The molecule has 21 heavy (non-hydrogen) atoms. The summed E-state index contributed by atoms with van der Waals surface area (Å²) in [6.45, 7) is 2.79. The van der Waals surface area contributed by atoms with Crippen LogP contribution in [-0.2, 0) is 17.3 Å². The molecular weight excluding hydrogens is 320 g/mol. The summed E-state index contributed by atoms with van der Waals surface area (Å²) in [5, 5.41) is 0. The molecule has 0 radical (unpaired) electrons. The van der Waals surface area contributed by atoms with Crippen LogP contribution in [0.2, 0.25) is 0 Å². The maximum absolute atomic E-state index is 12.6. The molecule has 0 saturated carbocycles. The number of benzene rings is 1. The van der Waals surface area contributed by atoms with Gasteiger partial charge >= 0.3 is 0 Å². The molecule has 0 aliphatic carbocycles. The maximum atomic E-state index is 12.6. The van der Waals surface area contributed by atoms with Crippen molar-refractivity contribution in [1.82, 2.24) is 4.31 Å². The Morgan fingerprint density at radius 1 is 1.24 bits per heavy atom. The molecule has 6 heteroatoms. The van der Waals surface area contributed by atoms with Gasteiger partial charge in [-0.3, -0.25) is 0 Å². The molecule has 1 atom stereocenters. The maximum Gasteiger partial charge on any atom is 0.0963 e. The van der Waals surface area contributed by atoms with E-state index in [2.05, 4.69) is 10.4 Å². The van der Waals surface area contributed by atoms with Gasteiger partial charge < -0.3 is 5.73 Å². The Labute approximate surface area is 136 Å². The molecule has 0 bridgehead atoms. The fourth-order valence-electron chi connectivity index (χ4n) is 2.26. The summed E-state index contributed by atoms with van der Waals surface area (Å²) in [6.07, 6.45) is 2.55. The minimum absolute atomic E-state index is 0.507. The Morgan fingerprint density at radius 3 is 2.76 bits per heavy atom. The zero-order valence-corrected chi connectivity index (χ0v) is 14.1. The van der Waals surface area contributed by atoms with Gasteiger partial charge in [-0.2, -0.15) is 0 Å². The van der Waals surface area contributed by atoms with Crippen LogP contribution in [0, 0.1) is 0 Å². The van der Waals surface area contributed by atoms with Crippen molar-refractivity contribution >= 4 is 34.1 Å². The van der Waals surface area contributed by atoms with Crippen LogP contribution in [0.5, 0.6) is 0 Å². The van der Waals surface area contributed by atoms with Crippen LogP contribution in [-0.4, -0.2) is 21.6 Å². The standard InChI is InChI=1S/C15H18N2OS3/c16-11-13-6-7-15(19-13)21(18)14-5-3-4-12(10-14)20-17-8-1-2-9-17/h3-7,10H,1-2,8-9,11,16H2. The molecule has 0 spiro atoms. The Bertz CT molecular complexity index is 635. The molecule has 1 aliphatic heterocycles. The quantitative estimate of drug-likeness (QED) is 0.848. The Hall–Kier alpha value is -0.660. The van der Waals surface area contributed by atoms with Crippen LogP contribution in [0.1, 0.15) is 17.7 Å². The van der Waals surface area contributed by atoms with Gasteiger partial charge in [-0.15, -0.1) is 11.3 Å². The van der Waals surface area contributed by atoms with E-state index in [1.54, 1.807) is 11.9 Å². The number of thiophene rings is 1. The van der Waals surface area contributed by atoms with Gasteiger partial charge in [0.25, 0.3) is 0 Å². The van der Waals surface area contributed by atoms with Gasteiger partial charge in [0.05, 0.1) is 15.0 Å². The summed E-state index contributed by atoms with van der Waals surface area (Å²) in [5.74, 6) is 0. The molecule has 0 amide bonds. The lowest BCUT2D eigenvalue weighted by Crippen LogP contribution is -2.08. The summed E-state index contributed by atoms with van der Waals surface area (Å²) >= 11 is 3.30. The molecule has 1 unspecified atom stereocenters. The van der Waals surface area contributed by atoms with Crippen molar-refractivity contribution in [3.8, 4) is 0 Å². The van der Waals surface area contributed by atoms with E-state index >= 15 is 0 Å². The smallest absolute Gasteiger partial charge is 0.0963 e. The highest BCUT2D eigenvalue weighted by molar-refractivity contribution is 7.97. The summed E-state index contributed by atoms with van der Waals surface area (Å²) < 4.78 is 15.9. The second-order valence-electron chi connectivity index (χ2n) is 4.90. The van der Waals surface area contributed by atoms with E-state index in [0.717, 1.165) is 27.1 Å². The van der Waals surface area contributed by atoms with Crippen LogP contribution in [0.3, 0.4) is 0 Å². The van der Waals surface area contributed by atoms with E-state index in [-0.39, 0.29) is 0 Å². The van der Waals surface area contributed by atoms with E-state index in [1.807, 2.05) is 30.3 Å². The molecule has 2 aromatic rings. The lowest BCUT2D eigenvalue weighted by Gasteiger charge is -2.13. The summed E-state index contributed by atoms with van der Waals surface area (Å²) in [6, 6.07) is 11.9. The van der Waals surface area contributed by atoms with Crippen LogP contribution in [0.15, 0.2) is 50.4 Å². The summed E-state index contributed by atoms with van der Waals surface area (Å²) in [7, 11) is -1.11. The number of hydrogen-bond acceptors (Lipinski definition) is 5. The molecule has 1 aliphatic rings. The van der Waals surface area contributed by atoms with Crippen LogP contribution >= 0.6 is 23.3 Å². The predicted molar refractivity (Wildman–Crippen MR) is 90.0 cm³/mol. The number of rotatable bonds is 5. The van der Waals surface area contributed by atoms with Gasteiger partial charge in [0.15, 0.2) is 0 Å². The molecule has 3 nitrogen and oxygen atoms in total. The molecular formula is C15H18N2OS3. The number of nitrogens with two attached hydrogens (primary N) is 1. The van der Waals surface area contributed by atoms with Crippen molar-refractivity contribution in [2.24, 2.45) is 5.73 Å². The molecule has 1 fully saturated rings. The first kappa shape index (κ1) is 15.2. The Morgan fingerprint density at radius 2 is 2.05 bits per heavy atom. The van der Waals surface area contributed by atoms with E-state index in [0.29, 0.717) is 6.54 Å². The Balaban J connectivity index is 1.76. The second kappa shape index (κ2) is 7.07. The van der Waals surface area contributed by atoms with Gasteiger partial charge in [-0.1, -0.05) is 6.07 Å². The molecule has 112 valence electrons. The van der Waals surface area contributed by atoms with Crippen molar-refractivity contribution in [3.05, 3.63) is 41.3 Å². The molecule has 2 heterocycles. The molecule has 1 aromatic heterocycles. The minimum Gasteiger partial charge on any atom is -0.326 e. The molecule has 1 aromatic carbocycles. The van der Waals surface area contributed by atoms with Crippen LogP contribution in [0.4, 0.5) is 0 Å². The lowest BCUT2D eigenvalue weighted by atomic mass is 10.4. The highest BCUT2D eigenvalue weighted by Gasteiger charge is 2.15. The highest BCUT2D eigenvalue weighted by atomic mass is 32.2. The van der Waals surface area contributed by atoms with Gasteiger partial charge in [0.1, 0.15) is 0 Å². The van der Waals surface area contributed by atoms with Crippen molar-refractivity contribution < 1.29 is 4.21 Å². The van der Waals surface area contributed by atoms with Gasteiger partial charge in [0, 0.05) is 34.3 Å². The van der Waals surface area contributed by atoms with Crippen LogP contribution < -0.4 is 5.73 Å². The monoisotopic (exact) mass is 338 g/mol. The second-order valence-corrected chi connectivity index (χ2v) is 8.94. The van der Waals surface area contributed by atoms with Crippen molar-refractivity contribution in [2.45, 2.75) is 33.4 Å². The number of nitrogens with zero attached hydrogens (tertiary/aromatic N) is 1. The summed E-state index contributed by atoms with van der Waals surface area (Å²) in [5.41, 5.74) is 5.62. The normalized spacial score (nSPS) is 17.2. The fraction of sp³-hybridized carbons (Fsp3) is 0.333. The first-order chi connectivity index (χ1) is 10.3. The van der Waals surface area contributed by atoms with Gasteiger partial charge in [0.2, 0.25) is 0 Å². The first-order valence-corrected chi connectivity index (χ1v) is 9.74. The van der Waals surface area contributed by atoms with Crippen molar-refractivity contribution in [2.75, 3.05) is 13.1 Å². The average Bonchev–Trinajstić information content (AvgIpc) is 3.17. The zero-order chi connectivity index (χ0) is 14.7. The van der Waals surface area contributed by atoms with Crippen LogP contribution in [0.25, 0.3) is 0 Å². The topological polar surface area (TPSA) is 46.3 Å². The largest absolute Gasteiger partial charge is 0.326 e. The average molecular weight is 339 g/mol. The minimum atomic E-state index is -1.11. The van der Waals surface area contributed by atoms with Crippen molar-refractivity contribution in [1.29, 1.82) is 0 Å². The highest BCUT2D eigenvalue weighted by Crippen LogP contribution is 2.30. The van der Waals surface area contributed by atoms with E-state index in [9.17, 15) is 4.21 Å². The van der Waals surface area contributed by atoms with E-state index in [1.165, 1.54) is 29.1 Å². The third-order valence-electron chi connectivity index (χ3n) is 3.34. The SMILES string of the molecule is NCc1ccc(S(=O)c2cccc(SN3CCCC3)c2)s1. The zero-order valence-electron chi connectivity index (χ0n) is 11.7. The number of hydrogen-bond donors (Lipinski definition) is 1. The van der Waals surface area contributed by atoms with Crippen molar-refractivity contribution in [3.63, 3.8) is 0 Å². The fourth-order valence-corrected chi connectivity index (χ4v) is 5.78. The third kappa shape index (κ3) is 3.76. The Kier molecular flexibility index (Phi) is 5.13. The lowest BCUT2D eigenvalue weighted by molar-refractivity contribution is 0.586. The molecule has 3 rings (SSSR count). The molecule has 1 saturated heterocycles. The van der Waals surface area contributed by atoms with Gasteiger partial charge in [-0.05, 0) is 55.1 Å². The van der Waals surface area contributed by atoms with Gasteiger partial charge in [-0.25, -0.2) is 8.51 Å². The summed E-state index contributed by atoms with van der Waals surface area (Å²) in [4.78, 5) is 3.10. The molecule has 2 N–H and O–H groups in total. The predicted octanol–water partition coefficient (Wildman–Crippen LogP) is 3.48. The van der Waals surface area contributed by atoms with E-state index < -0.39 is 10.8 Å². The van der Waals surface area contributed by atoms with E-state index in [4.69, 9.17) is 5.73 Å².